The largest absolute Gasteiger partial charge is 0.452 e. The molecule has 1 N–H and O–H groups in total. The second-order valence-electron chi connectivity index (χ2n) is 1.84. The number of carbonyl (C=O) groups is 2. The highest BCUT2D eigenvalue weighted by molar-refractivity contribution is 6.36. The number of hydrazine groups is 1. The van der Waals surface area contributed by atoms with Crippen molar-refractivity contribution >= 4 is 35.4 Å². The molecule has 0 aliphatic heterocycles. The van der Waals surface area contributed by atoms with E-state index in [-0.39, 0.29) is 5.16 Å². The topological polar surface area (TPSA) is 67.9 Å². The Balaban J connectivity index is 4.57. The summed E-state index contributed by atoms with van der Waals surface area (Å²) in [6, 6.07) is 0. The number of ether oxygens (including phenoxy) is 2. The summed E-state index contributed by atoms with van der Waals surface area (Å²) in [5, 5.41) is 0.351. The van der Waals surface area contributed by atoms with E-state index in [0.29, 0.717) is 5.01 Å². The summed E-state index contributed by atoms with van der Waals surface area (Å²) in [5.41, 5.74) is 2.86. The maximum atomic E-state index is 11.0. The average Bonchev–Trinajstić information content (AvgIpc) is 2.23. The molecule has 0 aromatic rings. The van der Waals surface area contributed by atoms with Gasteiger partial charge in [0, 0.05) is 5.54 Å². The Morgan fingerprint density at radius 3 is 2.29 bits per heavy atom. The predicted octanol–water partition coefficient (Wildman–Crippen LogP) is 1.60. The molecule has 14 heavy (non-hydrogen) atoms. The summed E-state index contributed by atoms with van der Waals surface area (Å²) in [6.07, 6.45) is -1.79. The molecule has 80 valence electrons. The Hall–Kier alpha value is -1.14. The third-order valence-corrected chi connectivity index (χ3v) is 1.65. The van der Waals surface area contributed by atoms with E-state index in [2.05, 4.69) is 9.47 Å². The molecule has 2 amide bonds. The Bertz CT molecular complexity index is 256. The normalized spacial score (nSPS) is 10.4. The standard InChI is InChI=1S/C6H8Cl2N2O4/c1-13-5(11)9-10(4(8)3-7)6(12)14-2/h3H,1-2H3,(H,9,11)/b4-3-. The van der Waals surface area contributed by atoms with Crippen LogP contribution in [0.15, 0.2) is 10.7 Å². The minimum atomic E-state index is -0.905. The molecule has 0 bridgehead atoms. The summed E-state index contributed by atoms with van der Waals surface area (Å²) in [6.45, 7) is 0. The fraction of sp³-hybridized carbons (Fsp3) is 0.333. The van der Waals surface area contributed by atoms with Crippen molar-refractivity contribution in [3.8, 4) is 0 Å². The van der Waals surface area contributed by atoms with Crippen LogP contribution in [0.4, 0.5) is 9.59 Å². The molecule has 0 saturated carbocycles. The van der Waals surface area contributed by atoms with Crippen LogP contribution in [0.1, 0.15) is 0 Å². The molecule has 0 aromatic heterocycles. The van der Waals surface area contributed by atoms with E-state index in [1.807, 2.05) is 5.43 Å². The van der Waals surface area contributed by atoms with Gasteiger partial charge in [-0.25, -0.2) is 15.0 Å². The van der Waals surface area contributed by atoms with Crippen molar-refractivity contribution in [2.75, 3.05) is 14.2 Å². The van der Waals surface area contributed by atoms with Gasteiger partial charge in [0.15, 0.2) is 0 Å². The van der Waals surface area contributed by atoms with Crippen LogP contribution >= 0.6 is 23.2 Å². The van der Waals surface area contributed by atoms with Gasteiger partial charge in [-0.1, -0.05) is 23.2 Å². The zero-order valence-corrected chi connectivity index (χ0v) is 8.93. The number of hydrogen-bond donors (Lipinski definition) is 1. The summed E-state index contributed by atoms with van der Waals surface area (Å²) in [7, 11) is 2.25. The quantitative estimate of drug-likeness (QED) is 0.561. The fourth-order valence-corrected chi connectivity index (χ4v) is 0.672. The molecule has 0 aromatic carbocycles. The molecular formula is C6H8Cl2N2O4. The predicted molar refractivity (Wildman–Crippen MR) is 49.6 cm³/mol. The highest BCUT2D eigenvalue weighted by atomic mass is 35.5. The van der Waals surface area contributed by atoms with Crippen LogP contribution in [0.5, 0.6) is 0 Å². The first-order valence-electron chi connectivity index (χ1n) is 3.25. The molecule has 0 rings (SSSR count). The van der Waals surface area contributed by atoms with Crippen molar-refractivity contribution in [2.45, 2.75) is 0 Å². The van der Waals surface area contributed by atoms with Crippen LogP contribution in [-0.2, 0) is 9.47 Å². The summed E-state index contributed by atoms with van der Waals surface area (Å²) in [5.74, 6) is 0. The zero-order chi connectivity index (χ0) is 11.1. The summed E-state index contributed by atoms with van der Waals surface area (Å²) >= 11 is 10.7. The van der Waals surface area contributed by atoms with Crippen LogP contribution in [0.25, 0.3) is 0 Å². The highest BCUT2D eigenvalue weighted by Gasteiger charge is 2.19. The van der Waals surface area contributed by atoms with Gasteiger partial charge >= 0.3 is 12.2 Å². The minimum absolute atomic E-state index is 0.232. The monoisotopic (exact) mass is 242 g/mol. The molecular weight excluding hydrogens is 235 g/mol. The van der Waals surface area contributed by atoms with E-state index in [0.717, 1.165) is 19.8 Å². The minimum Gasteiger partial charge on any atom is -0.452 e. The van der Waals surface area contributed by atoms with E-state index in [9.17, 15) is 9.59 Å². The average molecular weight is 243 g/mol. The maximum Gasteiger partial charge on any atom is 0.434 e. The molecule has 0 unspecified atom stereocenters. The van der Waals surface area contributed by atoms with Crippen LogP contribution in [0.3, 0.4) is 0 Å². The van der Waals surface area contributed by atoms with Gasteiger partial charge in [-0.3, -0.25) is 0 Å². The molecule has 6 nitrogen and oxygen atoms in total. The first-order chi connectivity index (χ1) is 6.56. The molecule has 0 aliphatic carbocycles. The molecule has 0 spiro atoms. The number of methoxy groups -OCH3 is 2. The molecule has 0 fully saturated rings. The lowest BCUT2D eigenvalue weighted by Gasteiger charge is -2.18. The van der Waals surface area contributed by atoms with Gasteiger partial charge in [-0.15, -0.1) is 0 Å². The van der Waals surface area contributed by atoms with E-state index in [1.165, 1.54) is 0 Å². The van der Waals surface area contributed by atoms with Crippen molar-refractivity contribution < 1.29 is 19.1 Å². The molecule has 0 heterocycles. The lowest BCUT2D eigenvalue weighted by atomic mass is 10.8. The van der Waals surface area contributed by atoms with Crippen LogP contribution in [-0.4, -0.2) is 31.4 Å². The molecule has 8 heteroatoms. The maximum absolute atomic E-state index is 11.0. The molecule has 0 radical (unpaired) electrons. The number of hydrogen-bond acceptors (Lipinski definition) is 4. The van der Waals surface area contributed by atoms with Gasteiger partial charge in [0.1, 0.15) is 5.16 Å². The number of rotatable bonds is 1. The Morgan fingerprint density at radius 2 is 1.93 bits per heavy atom. The number of nitrogens with zero attached hydrogens (tertiary/aromatic N) is 1. The second kappa shape index (κ2) is 6.33. The van der Waals surface area contributed by atoms with Crippen LogP contribution < -0.4 is 5.43 Å². The lowest BCUT2D eigenvalue weighted by Crippen LogP contribution is -2.44. The van der Waals surface area contributed by atoms with Crippen LogP contribution in [0.2, 0.25) is 0 Å². The molecule has 0 aliphatic rings. The highest BCUT2D eigenvalue weighted by Crippen LogP contribution is 2.09. The van der Waals surface area contributed by atoms with Crippen LogP contribution in [0, 0.1) is 0 Å². The number of carbonyl (C=O) groups excluding carboxylic acids is 2. The van der Waals surface area contributed by atoms with E-state index < -0.39 is 12.2 Å². The van der Waals surface area contributed by atoms with Crippen molar-refractivity contribution in [3.05, 3.63) is 10.7 Å². The summed E-state index contributed by atoms with van der Waals surface area (Å²) < 4.78 is 8.56. The van der Waals surface area contributed by atoms with Gasteiger partial charge in [-0.05, 0) is 0 Å². The summed E-state index contributed by atoms with van der Waals surface area (Å²) in [4.78, 5) is 21.8. The van der Waals surface area contributed by atoms with Gasteiger partial charge in [0.2, 0.25) is 0 Å². The molecule has 0 atom stereocenters. The van der Waals surface area contributed by atoms with Gasteiger partial charge in [0.05, 0.1) is 14.2 Å². The third-order valence-electron chi connectivity index (χ3n) is 1.05. The van der Waals surface area contributed by atoms with Gasteiger partial charge in [-0.2, -0.15) is 5.01 Å². The van der Waals surface area contributed by atoms with Crippen molar-refractivity contribution in [3.63, 3.8) is 0 Å². The zero-order valence-electron chi connectivity index (χ0n) is 7.41. The van der Waals surface area contributed by atoms with Crippen molar-refractivity contribution in [1.82, 2.24) is 10.4 Å². The van der Waals surface area contributed by atoms with E-state index in [4.69, 9.17) is 23.2 Å². The Kier molecular flexibility index (Phi) is 5.82. The van der Waals surface area contributed by atoms with E-state index >= 15 is 0 Å². The Morgan fingerprint density at radius 1 is 1.36 bits per heavy atom. The van der Waals surface area contributed by atoms with E-state index in [1.54, 1.807) is 0 Å². The van der Waals surface area contributed by atoms with Crippen molar-refractivity contribution in [1.29, 1.82) is 0 Å². The first-order valence-corrected chi connectivity index (χ1v) is 4.06. The fourth-order valence-electron chi connectivity index (χ4n) is 0.463. The number of amides is 2. The SMILES string of the molecule is COC(=O)NN(C(=O)OC)/C(Cl)=C\Cl. The smallest absolute Gasteiger partial charge is 0.434 e. The Labute approximate surface area is 90.3 Å². The van der Waals surface area contributed by atoms with Gasteiger partial charge < -0.3 is 9.47 Å². The van der Waals surface area contributed by atoms with Crippen molar-refractivity contribution in [2.24, 2.45) is 0 Å². The van der Waals surface area contributed by atoms with Gasteiger partial charge in [0.25, 0.3) is 0 Å². The third kappa shape index (κ3) is 3.71. The lowest BCUT2D eigenvalue weighted by molar-refractivity contribution is 0.107. The first kappa shape index (κ1) is 12.9. The molecule has 0 saturated heterocycles. The number of nitrogens with one attached hydrogen (secondary N) is 1. The second-order valence-corrected chi connectivity index (χ2v) is 2.45. The number of halogens is 2.